The van der Waals surface area contributed by atoms with E-state index in [4.69, 9.17) is 5.73 Å². The average Bonchev–Trinajstić information content (AvgIpc) is 2.58. The molecule has 0 saturated heterocycles. The molecule has 1 aliphatic carbocycles. The van der Waals surface area contributed by atoms with Crippen molar-refractivity contribution in [2.45, 2.75) is 18.9 Å². The minimum absolute atomic E-state index is 0.193. The first kappa shape index (κ1) is 9.15. The molecule has 4 nitrogen and oxygen atoms in total. The molecule has 1 unspecified atom stereocenters. The van der Waals surface area contributed by atoms with Gasteiger partial charge in [0.15, 0.2) is 0 Å². The first-order valence-electron chi connectivity index (χ1n) is 4.73. The molecule has 1 aromatic heterocycles. The lowest BCUT2D eigenvalue weighted by Gasteiger charge is -2.10. The predicted molar refractivity (Wildman–Crippen MR) is 52.5 cm³/mol. The molecule has 0 spiro atoms. The van der Waals surface area contributed by atoms with Gasteiger partial charge in [0, 0.05) is 6.20 Å². The average molecular weight is 191 g/mol. The quantitative estimate of drug-likeness (QED) is 0.714. The van der Waals surface area contributed by atoms with E-state index in [-0.39, 0.29) is 18.5 Å². The van der Waals surface area contributed by atoms with Crippen LogP contribution in [0.5, 0.6) is 0 Å². The van der Waals surface area contributed by atoms with Crippen LogP contribution in [0.1, 0.15) is 23.7 Å². The van der Waals surface area contributed by atoms with Crippen LogP contribution >= 0.6 is 0 Å². The summed E-state index contributed by atoms with van der Waals surface area (Å²) < 4.78 is 0. The Labute approximate surface area is 82.5 Å². The molecule has 4 heteroatoms. The standard InChI is InChI=1S/C10H13N3O/c11-9(14)6-13-8-4-3-7-2-1-5-12-10(7)8/h1-2,5,8,13H,3-4,6H2,(H2,11,14). The third-order valence-electron chi connectivity index (χ3n) is 2.48. The number of nitrogens with zero attached hydrogens (tertiary/aromatic N) is 1. The van der Waals surface area contributed by atoms with Crippen LogP contribution in [-0.4, -0.2) is 17.4 Å². The highest BCUT2D eigenvalue weighted by atomic mass is 16.1. The van der Waals surface area contributed by atoms with Crippen molar-refractivity contribution in [3.63, 3.8) is 0 Å². The molecular formula is C10H13N3O. The Bertz CT molecular complexity index is 351. The van der Waals surface area contributed by atoms with Crippen LogP contribution in [0.2, 0.25) is 0 Å². The van der Waals surface area contributed by atoms with Gasteiger partial charge in [0.1, 0.15) is 0 Å². The number of hydrogen-bond donors (Lipinski definition) is 2. The lowest BCUT2D eigenvalue weighted by Crippen LogP contribution is -2.31. The number of carbonyl (C=O) groups excluding carboxylic acids is 1. The van der Waals surface area contributed by atoms with Gasteiger partial charge in [-0.05, 0) is 24.5 Å². The molecule has 1 atom stereocenters. The van der Waals surface area contributed by atoms with Crippen molar-refractivity contribution in [1.29, 1.82) is 0 Å². The summed E-state index contributed by atoms with van der Waals surface area (Å²) in [4.78, 5) is 14.9. The van der Waals surface area contributed by atoms with E-state index in [2.05, 4.69) is 16.4 Å². The van der Waals surface area contributed by atoms with Crippen molar-refractivity contribution in [3.05, 3.63) is 29.6 Å². The van der Waals surface area contributed by atoms with E-state index in [1.807, 2.05) is 6.07 Å². The van der Waals surface area contributed by atoms with Crippen LogP contribution in [0, 0.1) is 0 Å². The molecule has 14 heavy (non-hydrogen) atoms. The van der Waals surface area contributed by atoms with Gasteiger partial charge in [0.2, 0.25) is 5.91 Å². The maximum atomic E-state index is 10.6. The van der Waals surface area contributed by atoms with Crippen LogP contribution < -0.4 is 11.1 Å². The van der Waals surface area contributed by atoms with Gasteiger partial charge in [0.25, 0.3) is 0 Å². The number of pyridine rings is 1. The minimum atomic E-state index is -0.325. The van der Waals surface area contributed by atoms with Crippen LogP contribution in [0.3, 0.4) is 0 Å². The zero-order valence-corrected chi connectivity index (χ0v) is 7.86. The van der Waals surface area contributed by atoms with Gasteiger partial charge in [-0.2, -0.15) is 0 Å². The van der Waals surface area contributed by atoms with E-state index >= 15 is 0 Å². The molecule has 0 bridgehead atoms. The monoisotopic (exact) mass is 191 g/mol. The summed E-state index contributed by atoms with van der Waals surface area (Å²) in [6, 6.07) is 4.21. The lowest BCUT2D eigenvalue weighted by molar-refractivity contribution is -0.117. The summed E-state index contributed by atoms with van der Waals surface area (Å²) >= 11 is 0. The number of nitrogens with two attached hydrogens (primary N) is 1. The van der Waals surface area contributed by atoms with E-state index in [0.717, 1.165) is 18.5 Å². The molecule has 1 heterocycles. The van der Waals surface area contributed by atoms with Gasteiger partial charge in [-0.25, -0.2) is 0 Å². The van der Waals surface area contributed by atoms with Gasteiger partial charge in [0.05, 0.1) is 18.3 Å². The van der Waals surface area contributed by atoms with Crippen molar-refractivity contribution in [3.8, 4) is 0 Å². The maximum absolute atomic E-state index is 10.6. The highest BCUT2D eigenvalue weighted by Crippen LogP contribution is 2.28. The summed E-state index contributed by atoms with van der Waals surface area (Å²) in [6.45, 7) is 0.223. The zero-order chi connectivity index (χ0) is 9.97. The molecule has 1 aliphatic rings. The van der Waals surface area contributed by atoms with Crippen molar-refractivity contribution >= 4 is 5.91 Å². The largest absolute Gasteiger partial charge is 0.369 e. The second-order valence-corrected chi connectivity index (χ2v) is 3.49. The van der Waals surface area contributed by atoms with E-state index in [1.165, 1.54) is 5.56 Å². The second kappa shape index (κ2) is 3.75. The number of rotatable bonds is 3. The number of fused-ring (bicyclic) bond motifs is 1. The fourth-order valence-electron chi connectivity index (χ4n) is 1.84. The van der Waals surface area contributed by atoms with Crippen molar-refractivity contribution in [2.24, 2.45) is 5.73 Å². The van der Waals surface area contributed by atoms with Gasteiger partial charge < -0.3 is 11.1 Å². The summed E-state index contributed by atoms with van der Waals surface area (Å²) in [5.41, 5.74) is 7.41. The van der Waals surface area contributed by atoms with Crippen molar-refractivity contribution in [1.82, 2.24) is 10.3 Å². The molecule has 74 valence electrons. The van der Waals surface area contributed by atoms with E-state index < -0.39 is 0 Å². The second-order valence-electron chi connectivity index (χ2n) is 3.49. The molecule has 0 saturated carbocycles. The van der Waals surface area contributed by atoms with Crippen LogP contribution in [0.25, 0.3) is 0 Å². The maximum Gasteiger partial charge on any atom is 0.231 e. The molecule has 1 aromatic rings. The Balaban J connectivity index is 2.07. The van der Waals surface area contributed by atoms with Gasteiger partial charge in [-0.1, -0.05) is 6.07 Å². The van der Waals surface area contributed by atoms with Crippen LogP contribution in [-0.2, 0) is 11.2 Å². The predicted octanol–water partition coefficient (Wildman–Crippen LogP) is 0.144. The molecule has 0 aliphatic heterocycles. The number of aryl methyl sites for hydroxylation is 1. The highest BCUT2D eigenvalue weighted by molar-refractivity contribution is 5.75. The van der Waals surface area contributed by atoms with Crippen molar-refractivity contribution in [2.75, 3.05) is 6.54 Å². The topological polar surface area (TPSA) is 68.0 Å². The first-order chi connectivity index (χ1) is 6.77. The summed E-state index contributed by atoms with van der Waals surface area (Å²) in [5.74, 6) is -0.325. The highest BCUT2D eigenvalue weighted by Gasteiger charge is 2.22. The number of hydrogen-bond acceptors (Lipinski definition) is 3. The number of amides is 1. The molecule has 0 radical (unpaired) electrons. The summed E-state index contributed by atoms with van der Waals surface area (Å²) in [5, 5.41) is 3.10. The Morgan fingerprint density at radius 1 is 1.71 bits per heavy atom. The molecule has 0 aromatic carbocycles. The smallest absolute Gasteiger partial charge is 0.231 e. The Morgan fingerprint density at radius 2 is 2.57 bits per heavy atom. The summed E-state index contributed by atoms with van der Waals surface area (Å²) in [6.07, 6.45) is 3.81. The van der Waals surface area contributed by atoms with Crippen molar-refractivity contribution < 1.29 is 4.79 Å². The SMILES string of the molecule is NC(=O)CNC1CCc2cccnc21. The van der Waals surface area contributed by atoms with Gasteiger partial charge >= 0.3 is 0 Å². The van der Waals surface area contributed by atoms with E-state index in [1.54, 1.807) is 6.20 Å². The van der Waals surface area contributed by atoms with E-state index in [9.17, 15) is 4.79 Å². The van der Waals surface area contributed by atoms with Gasteiger partial charge in [-0.3, -0.25) is 9.78 Å². The number of aromatic nitrogens is 1. The number of nitrogens with one attached hydrogen (secondary N) is 1. The number of carbonyl (C=O) groups is 1. The fourth-order valence-corrected chi connectivity index (χ4v) is 1.84. The molecule has 3 N–H and O–H groups in total. The van der Waals surface area contributed by atoms with Gasteiger partial charge in [-0.15, -0.1) is 0 Å². The Hall–Kier alpha value is -1.42. The third kappa shape index (κ3) is 1.75. The molecule has 2 rings (SSSR count). The third-order valence-corrected chi connectivity index (χ3v) is 2.48. The lowest BCUT2D eigenvalue weighted by atomic mass is 10.2. The van der Waals surface area contributed by atoms with Crippen LogP contribution in [0.15, 0.2) is 18.3 Å². The minimum Gasteiger partial charge on any atom is -0.369 e. The molecular weight excluding hydrogens is 178 g/mol. The first-order valence-corrected chi connectivity index (χ1v) is 4.73. The molecule has 0 fully saturated rings. The Morgan fingerprint density at radius 3 is 3.36 bits per heavy atom. The number of primary amides is 1. The fraction of sp³-hybridized carbons (Fsp3) is 0.400. The summed E-state index contributed by atoms with van der Waals surface area (Å²) in [7, 11) is 0. The normalized spacial score (nSPS) is 19.3. The van der Waals surface area contributed by atoms with E-state index in [0.29, 0.717) is 0 Å². The van der Waals surface area contributed by atoms with Crippen LogP contribution in [0.4, 0.5) is 0 Å². The zero-order valence-electron chi connectivity index (χ0n) is 7.86. The molecule has 1 amide bonds. The Kier molecular flexibility index (Phi) is 2.45.